The van der Waals surface area contributed by atoms with Crippen molar-refractivity contribution in [3.05, 3.63) is 42.1 Å². The van der Waals surface area contributed by atoms with Crippen LogP contribution in [0.4, 0.5) is 0 Å². The molecule has 0 radical (unpaired) electrons. The maximum Gasteiger partial charge on any atom is 0.141 e. The first-order valence-electron chi connectivity index (χ1n) is 9.11. The van der Waals surface area contributed by atoms with E-state index in [9.17, 15) is 0 Å². The molecule has 3 N–H and O–H groups in total. The SMILES string of the molecule is CCCC1=NC=CC(NCN2CCNCC2)(c2ccccc2OC)N1. The lowest BCUT2D eigenvalue weighted by atomic mass is 9.96. The van der Waals surface area contributed by atoms with Gasteiger partial charge in [0.05, 0.1) is 13.8 Å². The highest BCUT2D eigenvalue weighted by Gasteiger charge is 2.34. The van der Waals surface area contributed by atoms with E-state index in [4.69, 9.17) is 4.74 Å². The molecule has 3 rings (SSSR count). The summed E-state index contributed by atoms with van der Waals surface area (Å²) in [5.74, 6) is 1.87. The van der Waals surface area contributed by atoms with Gasteiger partial charge in [0.25, 0.3) is 0 Å². The van der Waals surface area contributed by atoms with Crippen molar-refractivity contribution >= 4 is 5.84 Å². The average Bonchev–Trinajstić information content (AvgIpc) is 2.68. The van der Waals surface area contributed by atoms with E-state index in [1.807, 2.05) is 24.4 Å². The predicted molar refractivity (Wildman–Crippen MR) is 102 cm³/mol. The number of hydrogen-bond donors (Lipinski definition) is 3. The molecule has 2 aliphatic rings. The summed E-state index contributed by atoms with van der Waals surface area (Å²) in [4.78, 5) is 6.94. The minimum Gasteiger partial charge on any atom is -0.496 e. The third-order valence-electron chi connectivity index (χ3n) is 4.71. The normalized spacial score (nSPS) is 23.8. The van der Waals surface area contributed by atoms with Crippen LogP contribution in [0.1, 0.15) is 25.3 Å². The highest BCUT2D eigenvalue weighted by molar-refractivity contribution is 5.85. The number of amidine groups is 1. The van der Waals surface area contributed by atoms with Crippen LogP contribution in [-0.2, 0) is 5.66 Å². The van der Waals surface area contributed by atoms with Crippen LogP contribution in [0.25, 0.3) is 0 Å². The van der Waals surface area contributed by atoms with Crippen molar-refractivity contribution < 1.29 is 4.74 Å². The highest BCUT2D eigenvalue weighted by Crippen LogP contribution is 2.31. The van der Waals surface area contributed by atoms with Crippen molar-refractivity contribution in [1.29, 1.82) is 0 Å². The quantitative estimate of drug-likeness (QED) is 0.702. The van der Waals surface area contributed by atoms with Crippen LogP contribution >= 0.6 is 0 Å². The number of hydrogen-bond acceptors (Lipinski definition) is 6. The van der Waals surface area contributed by atoms with Crippen LogP contribution in [0, 0.1) is 0 Å². The summed E-state index contributed by atoms with van der Waals surface area (Å²) in [5, 5.41) is 10.7. The van der Waals surface area contributed by atoms with Gasteiger partial charge in [-0.2, -0.15) is 0 Å². The highest BCUT2D eigenvalue weighted by atomic mass is 16.5. The summed E-state index contributed by atoms with van der Waals surface area (Å²) >= 11 is 0. The van der Waals surface area contributed by atoms with Crippen molar-refractivity contribution in [3.63, 3.8) is 0 Å². The average molecular weight is 343 g/mol. The minimum absolute atomic E-state index is 0.510. The van der Waals surface area contributed by atoms with E-state index < -0.39 is 5.66 Å². The molecule has 1 atom stereocenters. The Kier molecular flexibility index (Phi) is 6.07. The second-order valence-electron chi connectivity index (χ2n) is 6.48. The second kappa shape index (κ2) is 8.47. The van der Waals surface area contributed by atoms with Gasteiger partial charge in [-0.15, -0.1) is 0 Å². The molecule has 136 valence electrons. The number of benzene rings is 1. The number of ether oxygens (including phenoxy) is 1. The molecule has 0 aliphatic carbocycles. The first kappa shape index (κ1) is 17.9. The molecule has 1 aromatic rings. The molecule has 6 heteroatoms. The summed E-state index contributed by atoms with van der Waals surface area (Å²) in [6.45, 7) is 7.14. The maximum atomic E-state index is 5.63. The van der Waals surface area contributed by atoms with Crippen molar-refractivity contribution in [1.82, 2.24) is 20.9 Å². The van der Waals surface area contributed by atoms with Crippen molar-refractivity contribution in [2.45, 2.75) is 25.4 Å². The van der Waals surface area contributed by atoms with Crippen molar-refractivity contribution in [3.8, 4) is 5.75 Å². The van der Waals surface area contributed by atoms with Crippen LogP contribution in [-0.4, -0.2) is 50.7 Å². The zero-order chi connectivity index (χ0) is 17.5. The van der Waals surface area contributed by atoms with E-state index in [0.717, 1.165) is 62.8 Å². The lowest BCUT2D eigenvalue weighted by Gasteiger charge is -2.39. The zero-order valence-corrected chi connectivity index (χ0v) is 15.2. The molecule has 0 saturated carbocycles. The predicted octanol–water partition coefficient (Wildman–Crippen LogP) is 1.62. The number of methoxy groups -OCH3 is 1. The molecule has 6 nitrogen and oxygen atoms in total. The standard InChI is InChI=1S/C19H29N5O/c1-3-6-18-21-10-9-19(23-18,16-7-4-5-8-17(16)25-2)22-15-24-13-11-20-12-14-24/h4-5,7-10,20,22H,3,6,11-15H2,1-2H3,(H,21,23). The zero-order valence-electron chi connectivity index (χ0n) is 15.2. The molecule has 1 fully saturated rings. The molecule has 1 saturated heterocycles. The third-order valence-corrected chi connectivity index (χ3v) is 4.71. The van der Waals surface area contributed by atoms with E-state index in [1.165, 1.54) is 0 Å². The molecule has 25 heavy (non-hydrogen) atoms. The fraction of sp³-hybridized carbons (Fsp3) is 0.526. The Hall–Kier alpha value is -1.89. The van der Waals surface area contributed by atoms with E-state index in [-0.39, 0.29) is 0 Å². The van der Waals surface area contributed by atoms with Crippen LogP contribution in [0.15, 0.2) is 41.5 Å². The molecule has 0 amide bonds. The Morgan fingerprint density at radius 2 is 2.08 bits per heavy atom. The Labute approximate surface area is 150 Å². The van der Waals surface area contributed by atoms with Gasteiger partial charge < -0.3 is 15.4 Å². The van der Waals surface area contributed by atoms with Gasteiger partial charge in [-0.3, -0.25) is 10.2 Å². The fourth-order valence-corrected chi connectivity index (χ4v) is 3.34. The molecule has 0 spiro atoms. The lowest BCUT2D eigenvalue weighted by Crippen LogP contribution is -2.59. The number of aliphatic imine (C=N–C) groups is 1. The Bertz CT molecular complexity index is 624. The minimum atomic E-state index is -0.510. The van der Waals surface area contributed by atoms with Gasteiger partial charge in [0.2, 0.25) is 0 Å². The van der Waals surface area contributed by atoms with Crippen LogP contribution in [0.3, 0.4) is 0 Å². The van der Waals surface area contributed by atoms with Gasteiger partial charge in [-0.05, 0) is 18.6 Å². The molecule has 2 heterocycles. The van der Waals surface area contributed by atoms with Crippen LogP contribution in [0.5, 0.6) is 5.75 Å². The lowest BCUT2D eigenvalue weighted by molar-refractivity contribution is 0.191. The van der Waals surface area contributed by atoms with Gasteiger partial charge in [0.1, 0.15) is 17.2 Å². The summed E-state index contributed by atoms with van der Waals surface area (Å²) in [5.41, 5.74) is 0.566. The Balaban J connectivity index is 1.86. The number of nitrogens with zero attached hydrogens (tertiary/aromatic N) is 2. The number of piperazine rings is 1. The van der Waals surface area contributed by atoms with Crippen LogP contribution < -0.4 is 20.7 Å². The first-order valence-corrected chi connectivity index (χ1v) is 9.11. The summed E-state index contributed by atoms with van der Waals surface area (Å²) in [7, 11) is 1.72. The van der Waals surface area contributed by atoms with E-state index >= 15 is 0 Å². The Morgan fingerprint density at radius 1 is 1.28 bits per heavy atom. The third kappa shape index (κ3) is 4.21. The molecule has 0 bridgehead atoms. The second-order valence-corrected chi connectivity index (χ2v) is 6.48. The van der Waals surface area contributed by atoms with Gasteiger partial charge in [-0.25, -0.2) is 4.99 Å². The van der Waals surface area contributed by atoms with E-state index in [2.05, 4.69) is 44.9 Å². The molecule has 2 aliphatic heterocycles. The topological polar surface area (TPSA) is 60.9 Å². The smallest absolute Gasteiger partial charge is 0.141 e. The first-order chi connectivity index (χ1) is 12.3. The maximum absolute atomic E-state index is 5.63. The van der Waals surface area contributed by atoms with E-state index in [1.54, 1.807) is 7.11 Å². The van der Waals surface area contributed by atoms with Gasteiger partial charge in [0.15, 0.2) is 0 Å². The molecule has 1 aromatic carbocycles. The van der Waals surface area contributed by atoms with Gasteiger partial charge in [-0.1, -0.05) is 25.1 Å². The molecule has 0 aromatic heterocycles. The van der Waals surface area contributed by atoms with Crippen molar-refractivity contribution in [2.75, 3.05) is 40.0 Å². The van der Waals surface area contributed by atoms with Crippen molar-refractivity contribution in [2.24, 2.45) is 4.99 Å². The van der Waals surface area contributed by atoms with Gasteiger partial charge in [0, 0.05) is 44.4 Å². The fourth-order valence-electron chi connectivity index (χ4n) is 3.34. The van der Waals surface area contributed by atoms with Crippen LogP contribution in [0.2, 0.25) is 0 Å². The van der Waals surface area contributed by atoms with Gasteiger partial charge >= 0.3 is 0 Å². The molecule has 1 unspecified atom stereocenters. The monoisotopic (exact) mass is 343 g/mol. The summed E-state index contributed by atoms with van der Waals surface area (Å²) < 4.78 is 5.63. The summed E-state index contributed by atoms with van der Waals surface area (Å²) in [6.07, 6.45) is 5.97. The number of rotatable bonds is 7. The largest absolute Gasteiger partial charge is 0.496 e. The number of para-hydroxylation sites is 1. The summed E-state index contributed by atoms with van der Waals surface area (Å²) in [6, 6.07) is 8.16. The van der Waals surface area contributed by atoms with E-state index in [0.29, 0.717) is 0 Å². The molecular weight excluding hydrogens is 314 g/mol. The molecular formula is C19H29N5O. The number of nitrogens with one attached hydrogen (secondary N) is 3. The Morgan fingerprint density at radius 3 is 2.84 bits per heavy atom.